The molecule has 3 aliphatic rings. The molecule has 1 aromatic carbocycles. The molecule has 1 amide bonds. The first-order valence-corrected chi connectivity index (χ1v) is 7.81. The fourth-order valence-electron chi connectivity index (χ4n) is 3.64. The second-order valence-electron chi connectivity index (χ2n) is 6.68. The van der Waals surface area contributed by atoms with Gasteiger partial charge in [-0.2, -0.15) is 0 Å². The minimum Gasteiger partial charge on any atom is -0.395 e. The van der Waals surface area contributed by atoms with Gasteiger partial charge in [-0.25, -0.2) is 0 Å². The topological polar surface area (TPSA) is 50.8 Å². The number of hydrogen-bond acceptors (Lipinski definition) is 4. The van der Waals surface area contributed by atoms with Crippen LogP contribution >= 0.6 is 0 Å². The van der Waals surface area contributed by atoms with Crippen LogP contribution in [0.2, 0.25) is 0 Å². The molecule has 2 fully saturated rings. The van der Waals surface area contributed by atoms with Gasteiger partial charge >= 0.3 is 6.29 Å². The van der Waals surface area contributed by atoms with Gasteiger partial charge in [-0.1, -0.05) is 6.07 Å². The predicted octanol–water partition coefficient (Wildman–Crippen LogP) is 2.11. The third kappa shape index (κ3) is 2.85. The lowest BCUT2D eigenvalue weighted by atomic mass is 9.77. The van der Waals surface area contributed by atoms with Gasteiger partial charge in [0.2, 0.25) is 5.91 Å². The fourth-order valence-corrected chi connectivity index (χ4v) is 3.64. The van der Waals surface area contributed by atoms with E-state index in [0.29, 0.717) is 13.0 Å². The summed E-state index contributed by atoms with van der Waals surface area (Å²) in [5.74, 6) is 0.314. The van der Waals surface area contributed by atoms with Gasteiger partial charge in [0.1, 0.15) is 0 Å². The highest BCUT2D eigenvalue weighted by atomic mass is 19.3. The molecule has 7 heteroatoms. The number of hydrogen-bond donors (Lipinski definition) is 1. The largest absolute Gasteiger partial charge is 0.586 e. The second kappa shape index (κ2) is 5.06. The number of piperidine rings is 1. The number of rotatable bonds is 2. The number of alkyl halides is 2. The van der Waals surface area contributed by atoms with Crippen molar-refractivity contribution in [2.24, 2.45) is 5.41 Å². The zero-order valence-electron chi connectivity index (χ0n) is 12.6. The fraction of sp³-hybridized carbons (Fsp3) is 0.562. The van der Waals surface area contributed by atoms with Gasteiger partial charge in [0.05, 0.1) is 0 Å². The summed E-state index contributed by atoms with van der Waals surface area (Å²) < 4.78 is 35.0. The Balaban J connectivity index is 1.38. The molecule has 23 heavy (non-hydrogen) atoms. The van der Waals surface area contributed by atoms with Crippen LogP contribution in [0, 0.1) is 5.41 Å². The van der Waals surface area contributed by atoms with Crippen molar-refractivity contribution in [1.82, 2.24) is 10.2 Å². The van der Waals surface area contributed by atoms with Crippen LogP contribution in [0.1, 0.15) is 24.8 Å². The van der Waals surface area contributed by atoms with Gasteiger partial charge in [0, 0.05) is 19.5 Å². The van der Waals surface area contributed by atoms with E-state index in [-0.39, 0.29) is 22.8 Å². The van der Waals surface area contributed by atoms with Crippen LogP contribution in [-0.2, 0) is 11.3 Å². The van der Waals surface area contributed by atoms with E-state index in [1.54, 1.807) is 12.1 Å². The lowest BCUT2D eigenvalue weighted by Gasteiger charge is -2.38. The van der Waals surface area contributed by atoms with E-state index in [4.69, 9.17) is 0 Å². The number of nitrogens with zero attached hydrogens (tertiary/aromatic N) is 1. The lowest BCUT2D eigenvalue weighted by molar-refractivity contribution is -0.286. The summed E-state index contributed by atoms with van der Waals surface area (Å²) in [5, 5.41) is 2.92. The molecule has 2 saturated heterocycles. The SMILES string of the molecule is O=C1CC2(CCN(Cc3ccc4c(c3)OC(F)(F)O4)CC2)CN1. The number of ether oxygens (including phenoxy) is 2. The van der Waals surface area contributed by atoms with Crippen molar-refractivity contribution < 1.29 is 23.0 Å². The molecule has 0 atom stereocenters. The highest BCUT2D eigenvalue weighted by molar-refractivity contribution is 5.79. The van der Waals surface area contributed by atoms with Gasteiger partial charge in [-0.15, -0.1) is 8.78 Å². The highest BCUT2D eigenvalue weighted by Crippen LogP contribution is 2.42. The molecule has 0 radical (unpaired) electrons. The molecule has 4 rings (SSSR count). The molecule has 0 aliphatic carbocycles. The number of nitrogens with one attached hydrogen (secondary N) is 1. The van der Waals surface area contributed by atoms with Gasteiger partial charge in [-0.05, 0) is 49.0 Å². The van der Waals surface area contributed by atoms with Crippen LogP contribution < -0.4 is 14.8 Å². The third-order valence-electron chi connectivity index (χ3n) is 4.98. The normalized spacial score (nSPS) is 24.9. The molecule has 0 bridgehead atoms. The van der Waals surface area contributed by atoms with Crippen molar-refractivity contribution in [3.05, 3.63) is 23.8 Å². The summed E-state index contributed by atoms with van der Waals surface area (Å²) in [6, 6.07) is 4.92. The number of carbonyl (C=O) groups excluding carboxylic acids is 1. The maximum Gasteiger partial charge on any atom is 0.586 e. The molecule has 124 valence electrons. The van der Waals surface area contributed by atoms with E-state index >= 15 is 0 Å². The van der Waals surface area contributed by atoms with E-state index in [9.17, 15) is 13.6 Å². The quantitative estimate of drug-likeness (QED) is 0.905. The summed E-state index contributed by atoms with van der Waals surface area (Å²) in [5.41, 5.74) is 1.03. The van der Waals surface area contributed by atoms with Crippen molar-refractivity contribution in [1.29, 1.82) is 0 Å². The molecule has 0 unspecified atom stereocenters. The smallest absolute Gasteiger partial charge is 0.395 e. The second-order valence-corrected chi connectivity index (χ2v) is 6.68. The number of halogens is 2. The molecule has 1 aromatic rings. The molecule has 1 spiro atoms. The molecule has 3 heterocycles. The number of fused-ring (bicyclic) bond motifs is 1. The Morgan fingerprint density at radius 1 is 1.17 bits per heavy atom. The van der Waals surface area contributed by atoms with Crippen LogP contribution in [0.4, 0.5) is 8.78 Å². The maximum absolute atomic E-state index is 13.0. The average Bonchev–Trinajstić information content (AvgIpc) is 3.00. The third-order valence-corrected chi connectivity index (χ3v) is 4.98. The van der Waals surface area contributed by atoms with Crippen LogP contribution in [0.25, 0.3) is 0 Å². The Morgan fingerprint density at radius 3 is 2.61 bits per heavy atom. The Kier molecular flexibility index (Phi) is 3.23. The summed E-state index contributed by atoms with van der Waals surface area (Å²) in [6.07, 6.45) is -0.983. The van der Waals surface area contributed by atoms with Crippen LogP contribution in [0.15, 0.2) is 18.2 Å². The molecule has 0 aromatic heterocycles. The molecular weight excluding hydrogens is 306 g/mol. The van der Waals surface area contributed by atoms with Crippen LogP contribution in [0.5, 0.6) is 11.5 Å². The molecule has 3 aliphatic heterocycles. The van der Waals surface area contributed by atoms with Crippen molar-refractivity contribution >= 4 is 5.91 Å². The van der Waals surface area contributed by atoms with Gasteiger partial charge in [0.15, 0.2) is 11.5 Å². The summed E-state index contributed by atoms with van der Waals surface area (Å²) >= 11 is 0. The Bertz CT molecular complexity index is 642. The van der Waals surface area contributed by atoms with E-state index in [1.165, 1.54) is 6.07 Å². The first-order valence-electron chi connectivity index (χ1n) is 7.81. The van der Waals surface area contributed by atoms with Crippen LogP contribution in [-0.4, -0.2) is 36.7 Å². The van der Waals surface area contributed by atoms with Gasteiger partial charge in [-0.3, -0.25) is 9.69 Å². The number of benzene rings is 1. The summed E-state index contributed by atoms with van der Waals surface area (Å²) in [7, 11) is 0. The Morgan fingerprint density at radius 2 is 1.91 bits per heavy atom. The number of amides is 1. The molecular formula is C16H18F2N2O3. The Labute approximate surface area is 132 Å². The summed E-state index contributed by atoms with van der Waals surface area (Å²) in [6.45, 7) is 3.26. The molecule has 1 N–H and O–H groups in total. The first-order chi connectivity index (χ1) is 10.9. The van der Waals surface area contributed by atoms with E-state index in [0.717, 1.165) is 38.0 Å². The molecule has 5 nitrogen and oxygen atoms in total. The lowest BCUT2D eigenvalue weighted by Crippen LogP contribution is -2.40. The van der Waals surface area contributed by atoms with E-state index < -0.39 is 6.29 Å². The Hall–Kier alpha value is -1.89. The number of carbonyl (C=O) groups is 1. The average molecular weight is 324 g/mol. The van der Waals surface area contributed by atoms with E-state index in [2.05, 4.69) is 19.7 Å². The first kappa shape index (κ1) is 14.7. The maximum atomic E-state index is 13.0. The van der Waals surface area contributed by atoms with E-state index in [1.807, 2.05) is 0 Å². The van der Waals surface area contributed by atoms with Crippen LogP contribution in [0.3, 0.4) is 0 Å². The number of likely N-dealkylation sites (tertiary alicyclic amines) is 1. The zero-order chi connectivity index (χ0) is 16.1. The standard InChI is InChI=1S/C16H18F2N2O3/c17-16(18)22-12-2-1-11(7-13(12)23-16)9-20-5-3-15(4-6-20)8-14(21)19-10-15/h1-2,7H,3-6,8-10H2,(H,19,21). The van der Waals surface area contributed by atoms with Gasteiger partial charge < -0.3 is 14.8 Å². The summed E-state index contributed by atoms with van der Waals surface area (Å²) in [4.78, 5) is 13.7. The highest BCUT2D eigenvalue weighted by Gasteiger charge is 2.44. The van der Waals surface area contributed by atoms with Crippen molar-refractivity contribution in [3.8, 4) is 11.5 Å². The monoisotopic (exact) mass is 324 g/mol. The predicted molar refractivity (Wildman–Crippen MR) is 77.2 cm³/mol. The minimum absolute atomic E-state index is 0.0758. The van der Waals surface area contributed by atoms with Gasteiger partial charge in [0.25, 0.3) is 0 Å². The van der Waals surface area contributed by atoms with Crippen molar-refractivity contribution in [2.75, 3.05) is 19.6 Å². The minimum atomic E-state index is -3.57. The van der Waals surface area contributed by atoms with Crippen molar-refractivity contribution in [2.45, 2.75) is 32.1 Å². The molecule has 0 saturated carbocycles. The van der Waals surface area contributed by atoms with Crippen molar-refractivity contribution in [3.63, 3.8) is 0 Å². The zero-order valence-corrected chi connectivity index (χ0v) is 12.6.